The molecule has 1 aliphatic carbocycles. The lowest BCUT2D eigenvalue weighted by Gasteiger charge is -2.13. The maximum Gasteiger partial charge on any atom is 0.300 e. The molecule has 9 heteroatoms. The van der Waals surface area contributed by atoms with Gasteiger partial charge in [0.2, 0.25) is 0 Å². The van der Waals surface area contributed by atoms with Crippen molar-refractivity contribution in [2.24, 2.45) is 0 Å². The fraction of sp³-hybridized carbons (Fsp3) is 0.231. The second-order valence-electron chi connectivity index (χ2n) is 4.89. The molecule has 0 atom stereocenters. The Bertz CT molecular complexity index is 792. The van der Waals surface area contributed by atoms with Gasteiger partial charge in [-0.15, -0.1) is 0 Å². The predicted molar refractivity (Wildman–Crippen MR) is 86.2 cm³/mol. The number of hydrogen-bond donors (Lipinski definition) is 2. The van der Waals surface area contributed by atoms with Crippen LogP contribution in [0.2, 0.25) is 10.2 Å². The van der Waals surface area contributed by atoms with Gasteiger partial charge in [-0.3, -0.25) is 4.72 Å². The van der Waals surface area contributed by atoms with Crippen LogP contribution in [-0.4, -0.2) is 24.4 Å². The Balaban J connectivity index is 1.97. The van der Waals surface area contributed by atoms with E-state index in [4.69, 9.17) is 23.2 Å². The number of anilines is 1. The summed E-state index contributed by atoms with van der Waals surface area (Å²) in [6.07, 6.45) is 2.89. The minimum absolute atomic E-state index is 0.00575. The first-order valence-corrected chi connectivity index (χ1v) is 8.75. The Morgan fingerprint density at radius 3 is 2.41 bits per heavy atom. The van der Waals surface area contributed by atoms with Gasteiger partial charge in [-0.05, 0) is 30.5 Å². The van der Waals surface area contributed by atoms with Crippen molar-refractivity contribution in [1.29, 1.82) is 0 Å². The molecule has 0 aliphatic heterocycles. The molecule has 0 saturated heterocycles. The first-order chi connectivity index (χ1) is 10.4. The van der Waals surface area contributed by atoms with Crippen LogP contribution in [-0.2, 0) is 10.2 Å². The summed E-state index contributed by atoms with van der Waals surface area (Å²) < 4.78 is 29.0. The summed E-state index contributed by atoms with van der Waals surface area (Å²) in [5.74, 6) is 0.121. The molecular formula is C13H12Cl2N4O2S. The molecule has 116 valence electrons. The first kappa shape index (κ1) is 15.5. The van der Waals surface area contributed by atoms with Gasteiger partial charge >= 0.3 is 10.2 Å². The lowest BCUT2D eigenvalue weighted by molar-refractivity contribution is 0.586. The molecule has 22 heavy (non-hydrogen) atoms. The quantitative estimate of drug-likeness (QED) is 0.804. The van der Waals surface area contributed by atoms with Gasteiger partial charge in [0.05, 0.1) is 5.56 Å². The fourth-order valence-electron chi connectivity index (χ4n) is 1.89. The summed E-state index contributed by atoms with van der Waals surface area (Å²) in [6, 6.07) is 6.80. The third-order valence-corrected chi connectivity index (χ3v) is 4.71. The van der Waals surface area contributed by atoms with Crippen LogP contribution in [0.3, 0.4) is 0 Å². The summed E-state index contributed by atoms with van der Waals surface area (Å²) in [4.78, 5) is 7.90. The normalized spacial score (nSPS) is 14.8. The number of benzene rings is 1. The number of aromatic nitrogens is 2. The van der Waals surface area contributed by atoms with Crippen LogP contribution in [0.15, 0.2) is 30.6 Å². The number of rotatable bonds is 5. The van der Waals surface area contributed by atoms with Crippen molar-refractivity contribution in [2.45, 2.75) is 18.9 Å². The van der Waals surface area contributed by atoms with E-state index in [0.29, 0.717) is 16.1 Å². The Hall–Kier alpha value is -1.41. The maximum atomic E-state index is 12.1. The van der Waals surface area contributed by atoms with Crippen LogP contribution in [0.4, 0.5) is 5.82 Å². The molecule has 1 aliphatic rings. The zero-order chi connectivity index (χ0) is 15.7. The summed E-state index contributed by atoms with van der Waals surface area (Å²) >= 11 is 12.0. The Labute approximate surface area is 138 Å². The zero-order valence-corrected chi connectivity index (χ0v) is 13.6. The highest BCUT2D eigenvalue weighted by Crippen LogP contribution is 2.33. The number of nitrogens with zero attached hydrogens (tertiary/aromatic N) is 2. The van der Waals surface area contributed by atoms with Crippen molar-refractivity contribution in [1.82, 2.24) is 14.7 Å². The average molecular weight is 359 g/mol. The molecule has 1 aromatic carbocycles. The standard InChI is InChI=1S/C13H12Cl2N4O2S/c14-9-3-1-8(2-4-9)11-12(15)16-7-17-13(11)19-22(20,21)18-10-5-6-10/h1-4,7,10,18H,5-6H2,(H,16,17,19). The summed E-state index contributed by atoms with van der Waals surface area (Å²) in [6.45, 7) is 0. The molecule has 1 fully saturated rings. The van der Waals surface area contributed by atoms with Crippen molar-refractivity contribution in [3.05, 3.63) is 40.8 Å². The summed E-state index contributed by atoms with van der Waals surface area (Å²) in [5.41, 5.74) is 1.07. The molecule has 2 aromatic rings. The third-order valence-electron chi connectivity index (χ3n) is 3.06. The SMILES string of the molecule is O=S(=O)(Nc1ncnc(Cl)c1-c1ccc(Cl)cc1)NC1CC1. The Morgan fingerprint density at radius 2 is 1.77 bits per heavy atom. The molecule has 0 spiro atoms. The minimum atomic E-state index is -3.70. The molecular weight excluding hydrogens is 347 g/mol. The molecule has 2 N–H and O–H groups in total. The minimum Gasteiger partial charge on any atom is -0.254 e. The van der Waals surface area contributed by atoms with Gasteiger partial charge < -0.3 is 0 Å². The Morgan fingerprint density at radius 1 is 1.09 bits per heavy atom. The van der Waals surface area contributed by atoms with E-state index in [1.165, 1.54) is 6.33 Å². The molecule has 1 heterocycles. The van der Waals surface area contributed by atoms with Gasteiger partial charge in [0.1, 0.15) is 11.5 Å². The van der Waals surface area contributed by atoms with E-state index >= 15 is 0 Å². The molecule has 6 nitrogen and oxygen atoms in total. The maximum absolute atomic E-state index is 12.1. The van der Waals surface area contributed by atoms with Gasteiger partial charge in [-0.25, -0.2) is 9.97 Å². The Kier molecular flexibility index (Phi) is 4.22. The molecule has 0 radical (unpaired) electrons. The van der Waals surface area contributed by atoms with E-state index in [0.717, 1.165) is 12.8 Å². The molecule has 1 aromatic heterocycles. The van der Waals surface area contributed by atoms with E-state index in [9.17, 15) is 8.42 Å². The van der Waals surface area contributed by atoms with Crippen molar-refractivity contribution in [3.63, 3.8) is 0 Å². The van der Waals surface area contributed by atoms with E-state index in [1.54, 1.807) is 24.3 Å². The van der Waals surface area contributed by atoms with Crippen molar-refractivity contribution < 1.29 is 8.42 Å². The molecule has 0 amide bonds. The highest BCUT2D eigenvalue weighted by atomic mass is 35.5. The van der Waals surface area contributed by atoms with E-state index < -0.39 is 10.2 Å². The monoisotopic (exact) mass is 358 g/mol. The van der Waals surface area contributed by atoms with E-state index in [1.807, 2.05) is 0 Å². The van der Waals surface area contributed by atoms with Gasteiger partial charge in [0.25, 0.3) is 0 Å². The molecule has 3 rings (SSSR count). The zero-order valence-electron chi connectivity index (χ0n) is 11.3. The largest absolute Gasteiger partial charge is 0.300 e. The number of nitrogens with one attached hydrogen (secondary N) is 2. The summed E-state index contributed by atoms with van der Waals surface area (Å²) in [7, 11) is -3.70. The topological polar surface area (TPSA) is 84.0 Å². The van der Waals surface area contributed by atoms with E-state index in [2.05, 4.69) is 19.4 Å². The van der Waals surface area contributed by atoms with Crippen molar-refractivity contribution >= 4 is 39.2 Å². The van der Waals surface area contributed by atoms with Crippen LogP contribution in [0, 0.1) is 0 Å². The highest BCUT2D eigenvalue weighted by molar-refractivity contribution is 7.90. The van der Waals surface area contributed by atoms with Crippen LogP contribution in [0.5, 0.6) is 0 Å². The molecule has 0 unspecified atom stereocenters. The lowest BCUT2D eigenvalue weighted by atomic mass is 10.1. The second kappa shape index (κ2) is 6.00. The predicted octanol–water partition coefficient (Wildman–Crippen LogP) is 2.86. The van der Waals surface area contributed by atoms with Crippen molar-refractivity contribution in [2.75, 3.05) is 4.72 Å². The number of halogens is 2. The van der Waals surface area contributed by atoms with Gasteiger partial charge in [-0.2, -0.15) is 13.1 Å². The average Bonchev–Trinajstić information content (AvgIpc) is 3.23. The van der Waals surface area contributed by atoms with Crippen LogP contribution >= 0.6 is 23.2 Å². The van der Waals surface area contributed by atoms with E-state index in [-0.39, 0.29) is 17.0 Å². The first-order valence-electron chi connectivity index (χ1n) is 6.51. The highest BCUT2D eigenvalue weighted by Gasteiger charge is 2.28. The van der Waals surface area contributed by atoms with Crippen LogP contribution < -0.4 is 9.44 Å². The van der Waals surface area contributed by atoms with Crippen LogP contribution in [0.25, 0.3) is 11.1 Å². The fourth-order valence-corrected chi connectivity index (χ4v) is 3.40. The lowest BCUT2D eigenvalue weighted by Crippen LogP contribution is -2.32. The van der Waals surface area contributed by atoms with Gasteiger partial charge in [-0.1, -0.05) is 35.3 Å². The molecule has 1 saturated carbocycles. The smallest absolute Gasteiger partial charge is 0.254 e. The van der Waals surface area contributed by atoms with Crippen LogP contribution in [0.1, 0.15) is 12.8 Å². The third kappa shape index (κ3) is 3.67. The number of hydrogen-bond acceptors (Lipinski definition) is 4. The van der Waals surface area contributed by atoms with Crippen molar-refractivity contribution in [3.8, 4) is 11.1 Å². The second-order valence-corrected chi connectivity index (χ2v) is 7.13. The summed E-state index contributed by atoms with van der Waals surface area (Å²) in [5, 5.41) is 0.718. The van der Waals surface area contributed by atoms with Gasteiger partial charge in [0.15, 0.2) is 5.82 Å². The van der Waals surface area contributed by atoms with Gasteiger partial charge in [0, 0.05) is 11.1 Å². The molecule has 0 bridgehead atoms.